The Bertz CT molecular complexity index is 638. The molecule has 0 saturated heterocycles. The summed E-state index contributed by atoms with van der Waals surface area (Å²) in [5.41, 5.74) is 6.35. The molecule has 3 N–H and O–H groups in total. The molecule has 1 aromatic heterocycles. The zero-order valence-corrected chi connectivity index (χ0v) is 10.4. The van der Waals surface area contributed by atoms with Crippen LogP contribution in [0.25, 0.3) is 5.69 Å². The van der Waals surface area contributed by atoms with E-state index < -0.39 is 12.6 Å². The van der Waals surface area contributed by atoms with Gasteiger partial charge in [-0.1, -0.05) is 0 Å². The number of nitrogen functional groups attached to an aromatic ring is 1. The maximum absolute atomic E-state index is 12.0. The van der Waals surface area contributed by atoms with Crippen molar-refractivity contribution in [2.75, 3.05) is 5.73 Å². The number of aromatic nitrogens is 2. The molecular weight excluding hydrogens is 272 g/mol. The number of nitrogens with zero attached hydrogens (tertiary/aromatic N) is 2. The predicted molar refractivity (Wildman–Crippen MR) is 66.3 cm³/mol. The Kier molecular flexibility index (Phi) is 3.55. The first-order valence-electron chi connectivity index (χ1n) is 5.53. The van der Waals surface area contributed by atoms with Gasteiger partial charge in [0.1, 0.15) is 17.1 Å². The second-order valence-corrected chi connectivity index (χ2v) is 3.94. The summed E-state index contributed by atoms with van der Waals surface area (Å²) >= 11 is 0. The quantitative estimate of drug-likeness (QED) is 0.896. The average Bonchev–Trinajstić information content (AvgIpc) is 2.65. The van der Waals surface area contributed by atoms with Crippen molar-refractivity contribution in [3.8, 4) is 11.4 Å². The molecule has 0 bridgehead atoms. The van der Waals surface area contributed by atoms with Crippen molar-refractivity contribution < 1.29 is 23.4 Å². The van der Waals surface area contributed by atoms with E-state index in [-0.39, 0.29) is 22.8 Å². The number of rotatable bonds is 4. The number of ether oxygens (including phenoxy) is 1. The minimum Gasteiger partial charge on any atom is -0.477 e. The zero-order valence-electron chi connectivity index (χ0n) is 10.4. The van der Waals surface area contributed by atoms with Crippen molar-refractivity contribution in [1.29, 1.82) is 0 Å². The number of halogens is 2. The highest BCUT2D eigenvalue weighted by molar-refractivity contribution is 5.94. The smallest absolute Gasteiger partial charge is 0.387 e. The second-order valence-electron chi connectivity index (χ2n) is 3.94. The van der Waals surface area contributed by atoms with E-state index in [2.05, 4.69) is 9.84 Å². The van der Waals surface area contributed by atoms with Crippen LogP contribution in [0, 0.1) is 6.92 Å². The summed E-state index contributed by atoms with van der Waals surface area (Å²) in [6.45, 7) is -1.39. The molecule has 2 rings (SSSR count). The molecule has 0 radical (unpaired) electrons. The van der Waals surface area contributed by atoms with E-state index in [1.54, 1.807) is 0 Å². The lowest BCUT2D eigenvalue weighted by Crippen LogP contribution is -2.06. The number of carboxylic acids is 1. The molecule has 1 heterocycles. The van der Waals surface area contributed by atoms with Crippen molar-refractivity contribution in [3.05, 3.63) is 35.5 Å². The summed E-state index contributed by atoms with van der Waals surface area (Å²) in [5, 5.41) is 13.0. The lowest BCUT2D eigenvalue weighted by Gasteiger charge is -2.07. The minimum absolute atomic E-state index is 0.00958. The number of carbonyl (C=O) groups is 1. The number of aryl methyl sites for hydroxylation is 1. The Hall–Kier alpha value is -2.64. The maximum Gasteiger partial charge on any atom is 0.387 e. The topological polar surface area (TPSA) is 90.4 Å². The van der Waals surface area contributed by atoms with Crippen LogP contribution < -0.4 is 10.5 Å². The van der Waals surface area contributed by atoms with Crippen molar-refractivity contribution in [3.63, 3.8) is 0 Å². The van der Waals surface area contributed by atoms with Gasteiger partial charge in [-0.3, -0.25) is 0 Å². The van der Waals surface area contributed by atoms with Crippen LogP contribution in [0.2, 0.25) is 0 Å². The van der Waals surface area contributed by atoms with Gasteiger partial charge in [0.15, 0.2) is 0 Å². The fraction of sp³-hybridized carbons (Fsp3) is 0.167. The summed E-state index contributed by atoms with van der Waals surface area (Å²) in [6.07, 6.45) is 0. The van der Waals surface area contributed by atoms with Crippen LogP contribution in [0.15, 0.2) is 24.3 Å². The molecule has 0 aliphatic carbocycles. The number of aromatic carboxylic acids is 1. The minimum atomic E-state index is -2.91. The SMILES string of the molecule is Cc1nn(-c2ccc(OC(F)F)cc2)c(N)c1C(=O)O. The molecule has 106 valence electrons. The number of anilines is 1. The molecule has 0 spiro atoms. The van der Waals surface area contributed by atoms with Crippen LogP contribution in [0.5, 0.6) is 5.75 Å². The third-order valence-electron chi connectivity index (χ3n) is 2.62. The molecule has 0 atom stereocenters. The molecule has 6 nitrogen and oxygen atoms in total. The monoisotopic (exact) mass is 283 g/mol. The maximum atomic E-state index is 12.0. The summed E-state index contributed by atoms with van der Waals surface area (Å²) in [6, 6.07) is 5.54. The van der Waals surface area contributed by atoms with Crippen molar-refractivity contribution in [2.45, 2.75) is 13.5 Å². The van der Waals surface area contributed by atoms with E-state index in [0.29, 0.717) is 5.69 Å². The van der Waals surface area contributed by atoms with Crippen LogP contribution in [-0.2, 0) is 0 Å². The zero-order chi connectivity index (χ0) is 14.9. The van der Waals surface area contributed by atoms with Gasteiger partial charge >= 0.3 is 12.6 Å². The molecule has 20 heavy (non-hydrogen) atoms. The van der Waals surface area contributed by atoms with E-state index >= 15 is 0 Å². The molecule has 0 aliphatic rings. The van der Waals surface area contributed by atoms with Crippen LogP contribution in [-0.4, -0.2) is 27.5 Å². The first-order chi connectivity index (χ1) is 9.40. The molecule has 2 aromatic rings. The molecule has 8 heteroatoms. The summed E-state index contributed by atoms with van der Waals surface area (Å²) in [7, 11) is 0. The third-order valence-corrected chi connectivity index (χ3v) is 2.62. The molecule has 0 amide bonds. The predicted octanol–water partition coefficient (Wildman–Crippen LogP) is 2.06. The van der Waals surface area contributed by atoms with Crippen molar-refractivity contribution in [1.82, 2.24) is 9.78 Å². The van der Waals surface area contributed by atoms with Crippen molar-refractivity contribution in [2.24, 2.45) is 0 Å². The summed E-state index contributed by atoms with van der Waals surface area (Å²) in [4.78, 5) is 11.0. The Balaban J connectivity index is 2.37. The summed E-state index contributed by atoms with van der Waals surface area (Å²) in [5.74, 6) is -1.22. The lowest BCUT2D eigenvalue weighted by atomic mass is 10.2. The number of alkyl halides is 2. The fourth-order valence-electron chi connectivity index (χ4n) is 1.78. The fourth-order valence-corrected chi connectivity index (χ4v) is 1.78. The molecule has 0 unspecified atom stereocenters. The van der Waals surface area contributed by atoms with Gasteiger partial charge in [0, 0.05) is 0 Å². The molecule has 0 saturated carbocycles. The second kappa shape index (κ2) is 5.16. The Morgan fingerprint density at radius 3 is 2.45 bits per heavy atom. The third kappa shape index (κ3) is 2.53. The largest absolute Gasteiger partial charge is 0.477 e. The highest BCUT2D eigenvalue weighted by Crippen LogP contribution is 2.23. The number of benzene rings is 1. The van der Waals surface area contributed by atoms with Gasteiger partial charge in [-0.15, -0.1) is 0 Å². The summed E-state index contributed by atoms with van der Waals surface area (Å²) < 4.78 is 29.5. The van der Waals surface area contributed by atoms with E-state index in [0.717, 1.165) is 0 Å². The van der Waals surface area contributed by atoms with Gasteiger partial charge in [-0.2, -0.15) is 13.9 Å². The Morgan fingerprint density at radius 2 is 2.00 bits per heavy atom. The van der Waals surface area contributed by atoms with Crippen LogP contribution >= 0.6 is 0 Å². The standard InChI is InChI=1S/C12H11F2N3O3/c1-6-9(11(18)19)10(15)17(16-6)7-2-4-8(5-3-7)20-12(13)14/h2-5,12H,15H2,1H3,(H,18,19). The number of hydrogen-bond acceptors (Lipinski definition) is 4. The highest BCUT2D eigenvalue weighted by atomic mass is 19.3. The van der Waals surface area contributed by atoms with E-state index in [1.807, 2.05) is 0 Å². The van der Waals surface area contributed by atoms with Gasteiger partial charge < -0.3 is 15.6 Å². The number of nitrogens with two attached hydrogens (primary N) is 1. The van der Waals surface area contributed by atoms with Crippen LogP contribution in [0.4, 0.5) is 14.6 Å². The van der Waals surface area contributed by atoms with E-state index in [9.17, 15) is 13.6 Å². The lowest BCUT2D eigenvalue weighted by molar-refractivity contribution is -0.0498. The molecule has 1 aromatic carbocycles. The molecule has 0 aliphatic heterocycles. The molecule has 0 fully saturated rings. The van der Waals surface area contributed by atoms with Crippen LogP contribution in [0.1, 0.15) is 16.1 Å². The van der Waals surface area contributed by atoms with Gasteiger partial charge in [-0.05, 0) is 31.2 Å². The Labute approximate surface area is 112 Å². The average molecular weight is 283 g/mol. The van der Waals surface area contributed by atoms with Gasteiger partial charge in [0.25, 0.3) is 0 Å². The van der Waals surface area contributed by atoms with Crippen molar-refractivity contribution >= 4 is 11.8 Å². The number of carboxylic acid groups (broad SMARTS) is 1. The number of hydrogen-bond donors (Lipinski definition) is 2. The highest BCUT2D eigenvalue weighted by Gasteiger charge is 2.19. The first-order valence-corrected chi connectivity index (χ1v) is 5.53. The van der Waals surface area contributed by atoms with Crippen LogP contribution in [0.3, 0.4) is 0 Å². The van der Waals surface area contributed by atoms with E-state index in [1.165, 1.54) is 35.9 Å². The first kappa shape index (κ1) is 13.8. The van der Waals surface area contributed by atoms with Gasteiger partial charge in [-0.25, -0.2) is 9.48 Å². The van der Waals surface area contributed by atoms with E-state index in [4.69, 9.17) is 10.8 Å². The normalized spacial score (nSPS) is 10.8. The van der Waals surface area contributed by atoms with Gasteiger partial charge in [0.05, 0.1) is 11.4 Å². The Morgan fingerprint density at radius 1 is 1.40 bits per heavy atom. The molecular formula is C12H11F2N3O3. The van der Waals surface area contributed by atoms with Gasteiger partial charge in [0.2, 0.25) is 0 Å².